The number of hydrogen-bond acceptors (Lipinski definition) is 4. The number of nitrogens with zero attached hydrogens (tertiary/aromatic N) is 1. The normalized spacial score (nSPS) is 17.1. The van der Waals surface area contributed by atoms with Crippen molar-refractivity contribution in [3.05, 3.63) is 65.2 Å². The fourth-order valence-electron chi connectivity index (χ4n) is 3.33. The Morgan fingerprint density at radius 1 is 1.14 bits per heavy atom. The summed E-state index contributed by atoms with van der Waals surface area (Å²) in [6.45, 7) is 6.20. The fraction of sp³-hybridized carbons (Fsp3) is 0.348. The Morgan fingerprint density at radius 3 is 2.59 bits per heavy atom. The van der Waals surface area contributed by atoms with Gasteiger partial charge in [0.15, 0.2) is 6.10 Å². The first-order chi connectivity index (χ1) is 13.8. The van der Waals surface area contributed by atoms with Crippen molar-refractivity contribution in [1.29, 1.82) is 0 Å². The van der Waals surface area contributed by atoms with Gasteiger partial charge in [0.25, 0.3) is 5.91 Å². The van der Waals surface area contributed by atoms with Crippen molar-refractivity contribution in [1.82, 2.24) is 4.90 Å². The maximum Gasteiger partial charge on any atom is 0.312 e. The largest absolute Gasteiger partial charge is 0.452 e. The molecule has 2 atom stereocenters. The molecule has 152 valence electrons. The second-order valence-corrected chi connectivity index (χ2v) is 7.48. The van der Waals surface area contributed by atoms with Crippen LogP contribution in [0.25, 0.3) is 0 Å². The van der Waals surface area contributed by atoms with E-state index in [2.05, 4.69) is 5.32 Å². The van der Waals surface area contributed by atoms with Crippen LogP contribution in [0.5, 0.6) is 0 Å². The molecule has 2 aromatic rings. The maximum absolute atomic E-state index is 12.5. The number of rotatable bonds is 6. The van der Waals surface area contributed by atoms with E-state index in [0.717, 1.165) is 16.7 Å². The van der Waals surface area contributed by atoms with Crippen molar-refractivity contribution in [2.24, 2.45) is 5.92 Å². The molecule has 0 bridgehead atoms. The van der Waals surface area contributed by atoms with Crippen molar-refractivity contribution >= 4 is 23.5 Å². The number of benzene rings is 2. The van der Waals surface area contributed by atoms with E-state index in [1.54, 1.807) is 4.90 Å². The molecular formula is C23H26N2O4. The van der Waals surface area contributed by atoms with Crippen LogP contribution in [0.15, 0.2) is 48.5 Å². The van der Waals surface area contributed by atoms with Gasteiger partial charge in [0.2, 0.25) is 5.91 Å². The topological polar surface area (TPSA) is 75.7 Å². The molecule has 0 radical (unpaired) electrons. The van der Waals surface area contributed by atoms with Crippen LogP contribution >= 0.6 is 0 Å². The van der Waals surface area contributed by atoms with Gasteiger partial charge in [-0.15, -0.1) is 0 Å². The van der Waals surface area contributed by atoms with Crippen LogP contribution in [0.3, 0.4) is 0 Å². The first-order valence-corrected chi connectivity index (χ1v) is 9.74. The summed E-state index contributed by atoms with van der Waals surface area (Å²) in [6, 6.07) is 15.3. The number of hydrogen-bond donors (Lipinski definition) is 1. The Bertz CT molecular complexity index is 910. The van der Waals surface area contributed by atoms with Gasteiger partial charge in [0, 0.05) is 25.2 Å². The van der Waals surface area contributed by atoms with E-state index >= 15 is 0 Å². The lowest BCUT2D eigenvalue weighted by Crippen LogP contribution is -2.33. The highest BCUT2D eigenvalue weighted by atomic mass is 16.5. The van der Waals surface area contributed by atoms with E-state index in [0.29, 0.717) is 18.8 Å². The van der Waals surface area contributed by atoms with Crippen molar-refractivity contribution in [3.8, 4) is 0 Å². The molecule has 2 amide bonds. The third kappa shape index (κ3) is 5.02. The van der Waals surface area contributed by atoms with Crippen LogP contribution < -0.4 is 5.32 Å². The van der Waals surface area contributed by atoms with E-state index in [1.807, 2.05) is 62.4 Å². The molecule has 0 saturated carbocycles. The van der Waals surface area contributed by atoms with E-state index in [-0.39, 0.29) is 12.3 Å². The molecule has 1 saturated heterocycles. The summed E-state index contributed by atoms with van der Waals surface area (Å²) in [5, 5.41) is 2.80. The van der Waals surface area contributed by atoms with E-state index in [1.165, 1.54) is 6.92 Å². The summed E-state index contributed by atoms with van der Waals surface area (Å²) in [5.74, 6) is -1.54. The zero-order chi connectivity index (χ0) is 21.0. The Labute approximate surface area is 170 Å². The first kappa shape index (κ1) is 20.6. The lowest BCUT2D eigenvalue weighted by molar-refractivity contribution is -0.157. The molecule has 1 aliphatic rings. The molecule has 0 unspecified atom stereocenters. The van der Waals surface area contributed by atoms with Gasteiger partial charge in [-0.05, 0) is 43.5 Å². The third-order valence-corrected chi connectivity index (χ3v) is 5.29. The first-order valence-electron chi connectivity index (χ1n) is 9.74. The molecule has 1 heterocycles. The number of anilines is 1. The molecule has 0 spiro atoms. The van der Waals surface area contributed by atoms with Crippen LogP contribution in [-0.4, -0.2) is 35.3 Å². The van der Waals surface area contributed by atoms with Crippen molar-refractivity contribution < 1.29 is 19.1 Å². The monoisotopic (exact) mass is 394 g/mol. The lowest BCUT2D eigenvalue weighted by atomic mass is 10.1. The molecule has 1 N–H and O–H groups in total. The number of carbonyl (C=O) groups is 3. The summed E-state index contributed by atoms with van der Waals surface area (Å²) >= 11 is 0. The predicted octanol–water partition coefficient (Wildman–Crippen LogP) is 3.22. The molecule has 1 aliphatic heterocycles. The minimum Gasteiger partial charge on any atom is -0.452 e. The Kier molecular flexibility index (Phi) is 6.32. The zero-order valence-electron chi connectivity index (χ0n) is 17.0. The van der Waals surface area contributed by atoms with Crippen LogP contribution in [0.2, 0.25) is 0 Å². The summed E-state index contributed by atoms with van der Waals surface area (Å²) < 4.78 is 5.36. The molecule has 1 fully saturated rings. The molecule has 0 aliphatic carbocycles. The van der Waals surface area contributed by atoms with Gasteiger partial charge < -0.3 is 15.0 Å². The molecule has 0 aromatic heterocycles. The van der Waals surface area contributed by atoms with Crippen LogP contribution in [0.1, 0.15) is 30.0 Å². The number of likely N-dealkylation sites (tertiary alicyclic amines) is 1. The van der Waals surface area contributed by atoms with Gasteiger partial charge >= 0.3 is 5.97 Å². The van der Waals surface area contributed by atoms with Crippen LogP contribution in [-0.2, 0) is 25.7 Å². The van der Waals surface area contributed by atoms with Crippen LogP contribution in [0, 0.1) is 19.8 Å². The standard InChI is InChI=1S/C23H26N2O4/c1-15-8-7-11-20(16(15)2)24-22(27)17(3)29-23(28)19-12-21(26)25(14-19)13-18-9-5-4-6-10-18/h4-11,17,19H,12-14H2,1-3H3,(H,24,27)/t17-,19-/m1/s1. The number of esters is 1. The smallest absolute Gasteiger partial charge is 0.312 e. The highest BCUT2D eigenvalue weighted by Gasteiger charge is 2.36. The Balaban J connectivity index is 1.54. The number of amides is 2. The molecule has 2 aromatic carbocycles. The SMILES string of the molecule is Cc1cccc(NC(=O)[C@@H](C)OC(=O)[C@@H]2CC(=O)N(Cc3ccccc3)C2)c1C. The highest BCUT2D eigenvalue weighted by molar-refractivity contribution is 5.96. The van der Waals surface area contributed by atoms with Crippen molar-refractivity contribution in [3.63, 3.8) is 0 Å². The van der Waals surface area contributed by atoms with Gasteiger partial charge in [-0.2, -0.15) is 0 Å². The van der Waals surface area contributed by atoms with E-state index < -0.39 is 23.9 Å². The average molecular weight is 394 g/mol. The fourth-order valence-corrected chi connectivity index (χ4v) is 3.33. The third-order valence-electron chi connectivity index (χ3n) is 5.29. The summed E-state index contributed by atoms with van der Waals surface area (Å²) in [7, 11) is 0. The van der Waals surface area contributed by atoms with E-state index in [9.17, 15) is 14.4 Å². The summed E-state index contributed by atoms with van der Waals surface area (Å²) in [5.41, 5.74) is 3.74. The minimum atomic E-state index is -0.944. The molecule has 3 rings (SSSR count). The lowest BCUT2D eigenvalue weighted by Gasteiger charge is -2.18. The zero-order valence-corrected chi connectivity index (χ0v) is 17.0. The van der Waals surface area contributed by atoms with Crippen molar-refractivity contribution in [2.75, 3.05) is 11.9 Å². The number of aryl methyl sites for hydroxylation is 1. The van der Waals surface area contributed by atoms with Gasteiger partial charge in [-0.25, -0.2) is 0 Å². The molecule has 6 nitrogen and oxygen atoms in total. The van der Waals surface area contributed by atoms with Crippen LogP contribution in [0.4, 0.5) is 5.69 Å². The van der Waals surface area contributed by atoms with Gasteiger partial charge in [0.1, 0.15) is 0 Å². The summed E-state index contributed by atoms with van der Waals surface area (Å²) in [6.07, 6.45) is -0.836. The second kappa shape index (κ2) is 8.90. The minimum absolute atomic E-state index is 0.0803. The molecule has 29 heavy (non-hydrogen) atoms. The number of nitrogens with one attached hydrogen (secondary N) is 1. The average Bonchev–Trinajstić information content (AvgIpc) is 3.06. The Hall–Kier alpha value is -3.15. The molecular weight excluding hydrogens is 368 g/mol. The van der Waals surface area contributed by atoms with Gasteiger partial charge in [-0.1, -0.05) is 42.5 Å². The van der Waals surface area contributed by atoms with Gasteiger partial charge in [-0.3, -0.25) is 14.4 Å². The Morgan fingerprint density at radius 2 is 1.86 bits per heavy atom. The maximum atomic E-state index is 12.5. The molecule has 6 heteroatoms. The summed E-state index contributed by atoms with van der Waals surface area (Å²) in [4.78, 5) is 38.8. The number of ether oxygens (including phenoxy) is 1. The van der Waals surface area contributed by atoms with E-state index in [4.69, 9.17) is 4.74 Å². The number of carbonyl (C=O) groups excluding carboxylic acids is 3. The second-order valence-electron chi connectivity index (χ2n) is 7.48. The highest BCUT2D eigenvalue weighted by Crippen LogP contribution is 2.23. The predicted molar refractivity (Wildman–Crippen MR) is 110 cm³/mol. The van der Waals surface area contributed by atoms with Crippen molar-refractivity contribution in [2.45, 2.75) is 39.8 Å². The quantitative estimate of drug-likeness (QED) is 0.764. The van der Waals surface area contributed by atoms with Gasteiger partial charge in [0.05, 0.1) is 5.92 Å².